The number of ether oxygens (including phenoxy) is 3. The molecule has 0 atom stereocenters. The van der Waals surface area contributed by atoms with Gasteiger partial charge in [0.2, 0.25) is 0 Å². The van der Waals surface area contributed by atoms with Crippen molar-refractivity contribution in [1.29, 1.82) is 0 Å². The van der Waals surface area contributed by atoms with Crippen molar-refractivity contribution >= 4 is 17.9 Å². The van der Waals surface area contributed by atoms with Crippen LogP contribution in [-0.2, 0) is 28.6 Å². The highest BCUT2D eigenvalue weighted by molar-refractivity contribution is 5.71. The summed E-state index contributed by atoms with van der Waals surface area (Å²) in [4.78, 5) is 38.3. The molecule has 71 heavy (non-hydrogen) atoms. The van der Waals surface area contributed by atoms with Crippen LogP contribution < -0.4 is 0 Å². The van der Waals surface area contributed by atoms with E-state index in [1.807, 2.05) is 0 Å². The molecule has 0 radical (unpaired) electrons. The van der Waals surface area contributed by atoms with Crippen molar-refractivity contribution in [3.05, 3.63) is 60.8 Å². The number of allylic oxidation sites excluding steroid dienone is 10. The number of hydrogen-bond acceptors (Lipinski definition) is 6. The predicted octanol–water partition coefficient (Wildman–Crippen LogP) is 20.8. The molecule has 0 fully saturated rings. The Labute approximate surface area is 440 Å². The van der Waals surface area contributed by atoms with Crippen LogP contribution in [0.4, 0.5) is 0 Å². The van der Waals surface area contributed by atoms with Gasteiger partial charge in [0.05, 0.1) is 0 Å². The van der Waals surface area contributed by atoms with Gasteiger partial charge in [0.25, 0.3) is 0 Å². The first-order valence-corrected chi connectivity index (χ1v) is 30.8. The van der Waals surface area contributed by atoms with Crippen LogP contribution in [-0.4, -0.2) is 37.2 Å². The number of rotatable bonds is 56. The third kappa shape index (κ3) is 57.9. The lowest BCUT2D eigenvalue weighted by Gasteiger charge is -2.18. The Hall–Kier alpha value is -2.89. The third-order valence-electron chi connectivity index (χ3n) is 13.5. The van der Waals surface area contributed by atoms with E-state index in [0.29, 0.717) is 19.3 Å². The van der Waals surface area contributed by atoms with E-state index < -0.39 is 6.10 Å². The monoisotopic (exact) mass is 993 g/mol. The summed E-state index contributed by atoms with van der Waals surface area (Å²) >= 11 is 0. The lowest BCUT2D eigenvalue weighted by Crippen LogP contribution is -2.30. The zero-order valence-corrected chi connectivity index (χ0v) is 47.2. The molecule has 0 unspecified atom stereocenters. The topological polar surface area (TPSA) is 78.9 Å². The molecular formula is C65H116O6. The molecule has 0 aromatic carbocycles. The Morgan fingerprint density at radius 1 is 0.296 bits per heavy atom. The molecule has 0 aliphatic carbocycles. The molecule has 0 N–H and O–H groups in total. The van der Waals surface area contributed by atoms with E-state index in [0.717, 1.165) is 96.3 Å². The smallest absolute Gasteiger partial charge is 0.306 e. The quantitative estimate of drug-likeness (QED) is 0.0261. The van der Waals surface area contributed by atoms with E-state index in [2.05, 4.69) is 81.5 Å². The van der Waals surface area contributed by atoms with Gasteiger partial charge in [0.15, 0.2) is 6.10 Å². The van der Waals surface area contributed by atoms with Gasteiger partial charge in [-0.1, -0.05) is 255 Å². The van der Waals surface area contributed by atoms with Crippen molar-refractivity contribution in [3.8, 4) is 0 Å². The first-order valence-electron chi connectivity index (χ1n) is 30.8. The summed E-state index contributed by atoms with van der Waals surface area (Å²) < 4.78 is 16.9. The van der Waals surface area contributed by atoms with Crippen LogP contribution in [0.3, 0.4) is 0 Å². The lowest BCUT2D eigenvalue weighted by atomic mass is 10.1. The summed E-state index contributed by atoms with van der Waals surface area (Å²) in [7, 11) is 0. The molecular weight excluding hydrogens is 877 g/mol. The summed E-state index contributed by atoms with van der Waals surface area (Å²) in [6, 6.07) is 0. The minimum absolute atomic E-state index is 0.0814. The van der Waals surface area contributed by atoms with E-state index in [-0.39, 0.29) is 31.1 Å². The minimum atomic E-state index is -0.785. The van der Waals surface area contributed by atoms with Crippen LogP contribution in [0.1, 0.15) is 316 Å². The fraction of sp³-hybridized carbons (Fsp3) is 0.800. The molecule has 0 saturated carbocycles. The zero-order valence-electron chi connectivity index (χ0n) is 47.2. The van der Waals surface area contributed by atoms with Gasteiger partial charge in [-0.15, -0.1) is 0 Å². The molecule has 412 valence electrons. The SMILES string of the molecule is CC/C=C\C/C=C\C/C=C\CCCCCCCC(=O)OC(COC(=O)CCCCCCCCCCC/C=C\CCCCCCCC)COC(=O)CCCCCCCCCCC/C=C\CCCCCCCC. The van der Waals surface area contributed by atoms with E-state index in [4.69, 9.17) is 14.2 Å². The van der Waals surface area contributed by atoms with E-state index in [1.54, 1.807) is 0 Å². The minimum Gasteiger partial charge on any atom is -0.462 e. The van der Waals surface area contributed by atoms with Gasteiger partial charge in [-0.3, -0.25) is 14.4 Å². The summed E-state index contributed by atoms with van der Waals surface area (Å²) in [5, 5.41) is 0. The van der Waals surface area contributed by atoms with Crippen LogP contribution >= 0.6 is 0 Å². The van der Waals surface area contributed by atoms with Gasteiger partial charge < -0.3 is 14.2 Å². The van der Waals surface area contributed by atoms with Crippen molar-refractivity contribution in [3.63, 3.8) is 0 Å². The molecule has 6 heteroatoms. The van der Waals surface area contributed by atoms with Gasteiger partial charge >= 0.3 is 17.9 Å². The van der Waals surface area contributed by atoms with Crippen molar-refractivity contribution in [2.24, 2.45) is 0 Å². The van der Waals surface area contributed by atoms with Crippen molar-refractivity contribution < 1.29 is 28.6 Å². The van der Waals surface area contributed by atoms with Crippen LogP contribution in [0.5, 0.6) is 0 Å². The number of hydrogen-bond donors (Lipinski definition) is 0. The summed E-state index contributed by atoms with van der Waals surface area (Å²) in [5.41, 5.74) is 0. The molecule has 0 aliphatic rings. The summed E-state index contributed by atoms with van der Waals surface area (Å²) in [6.45, 7) is 6.54. The van der Waals surface area contributed by atoms with Crippen LogP contribution in [0.25, 0.3) is 0 Å². The average Bonchev–Trinajstić information content (AvgIpc) is 3.37. The Morgan fingerprint density at radius 2 is 0.549 bits per heavy atom. The Bertz CT molecular complexity index is 1210. The molecule has 0 amide bonds. The maximum Gasteiger partial charge on any atom is 0.306 e. The van der Waals surface area contributed by atoms with Gasteiger partial charge in [-0.2, -0.15) is 0 Å². The predicted molar refractivity (Wildman–Crippen MR) is 307 cm³/mol. The second kappa shape index (κ2) is 59.7. The first-order chi connectivity index (χ1) is 35.0. The Morgan fingerprint density at radius 3 is 0.873 bits per heavy atom. The maximum atomic E-state index is 12.9. The fourth-order valence-electron chi connectivity index (χ4n) is 8.86. The number of carbonyl (C=O) groups is 3. The van der Waals surface area contributed by atoms with E-state index in [1.165, 1.54) is 180 Å². The number of carbonyl (C=O) groups excluding carboxylic acids is 3. The maximum absolute atomic E-state index is 12.9. The standard InChI is InChI=1S/C65H116O6/c1-4-7-10-13-16-19-22-25-28-30-32-34-37-39-42-45-48-51-54-57-63(66)69-60-62(71-65(68)59-56-53-50-47-44-41-36-27-24-21-18-15-12-9-6-3)61-70-64(67)58-55-52-49-46-43-40-38-35-33-31-29-26-23-20-17-14-11-8-5-2/h9,12,18,21,25-29,36,62H,4-8,10-11,13-17,19-20,22-24,30-35,37-61H2,1-3H3/b12-9-,21-18-,28-25-,29-26-,36-27-. The average molecular weight is 994 g/mol. The van der Waals surface area contributed by atoms with Crippen LogP contribution in [0, 0.1) is 0 Å². The highest BCUT2D eigenvalue weighted by atomic mass is 16.6. The first kappa shape index (κ1) is 68.1. The number of esters is 3. The molecule has 0 rings (SSSR count). The zero-order chi connectivity index (χ0) is 51.4. The molecule has 0 bridgehead atoms. The Kier molecular flexibility index (Phi) is 57.2. The van der Waals surface area contributed by atoms with E-state index in [9.17, 15) is 14.4 Å². The molecule has 6 nitrogen and oxygen atoms in total. The number of unbranched alkanes of at least 4 members (excludes halogenated alkanes) is 35. The molecule has 0 spiro atoms. The van der Waals surface area contributed by atoms with E-state index >= 15 is 0 Å². The second-order valence-electron chi connectivity index (χ2n) is 20.6. The lowest BCUT2D eigenvalue weighted by molar-refractivity contribution is -0.167. The molecule has 0 saturated heterocycles. The molecule has 0 aromatic heterocycles. The van der Waals surface area contributed by atoms with Gasteiger partial charge in [0.1, 0.15) is 13.2 Å². The summed E-state index contributed by atoms with van der Waals surface area (Å²) in [5.74, 6) is -0.888. The highest BCUT2D eigenvalue weighted by Crippen LogP contribution is 2.16. The van der Waals surface area contributed by atoms with Gasteiger partial charge in [-0.25, -0.2) is 0 Å². The normalized spacial score (nSPS) is 12.1. The van der Waals surface area contributed by atoms with Gasteiger partial charge in [0, 0.05) is 19.3 Å². The fourth-order valence-corrected chi connectivity index (χ4v) is 8.86. The van der Waals surface area contributed by atoms with Gasteiger partial charge in [-0.05, 0) is 103 Å². The largest absolute Gasteiger partial charge is 0.462 e. The van der Waals surface area contributed by atoms with Crippen molar-refractivity contribution in [2.75, 3.05) is 13.2 Å². The molecule has 0 aromatic rings. The molecule has 0 heterocycles. The highest BCUT2D eigenvalue weighted by Gasteiger charge is 2.19. The Balaban J connectivity index is 4.36. The van der Waals surface area contributed by atoms with Crippen molar-refractivity contribution in [1.82, 2.24) is 0 Å². The van der Waals surface area contributed by atoms with Crippen LogP contribution in [0.15, 0.2) is 60.8 Å². The van der Waals surface area contributed by atoms with Crippen LogP contribution in [0.2, 0.25) is 0 Å². The molecule has 0 aliphatic heterocycles. The van der Waals surface area contributed by atoms with Crippen molar-refractivity contribution in [2.45, 2.75) is 322 Å². The summed E-state index contributed by atoms with van der Waals surface area (Å²) in [6.07, 6.45) is 75.0. The second-order valence-corrected chi connectivity index (χ2v) is 20.6. The third-order valence-corrected chi connectivity index (χ3v) is 13.5.